The second kappa shape index (κ2) is 8.89. The van der Waals surface area contributed by atoms with Gasteiger partial charge in [0.2, 0.25) is 5.95 Å². The molecule has 0 unspecified atom stereocenters. The van der Waals surface area contributed by atoms with Crippen LogP contribution in [-0.2, 0) is 6.42 Å². The standard InChI is InChI=1S/C24H24FN5S/c25-20-8-2-4-10-22(20)29-13-15-30(16-14-29)24-27-21-9-3-1-7-19(21)23(28-24)26-12-11-18-6-5-17-31-18/h1-10,17H,11-16H2,(H,26,27,28). The van der Waals surface area contributed by atoms with Crippen LogP contribution in [0.2, 0.25) is 0 Å². The molecule has 0 amide bonds. The van der Waals surface area contributed by atoms with Crippen LogP contribution < -0.4 is 15.1 Å². The lowest BCUT2D eigenvalue weighted by molar-refractivity contribution is 0.594. The smallest absolute Gasteiger partial charge is 0.228 e. The molecule has 5 rings (SSSR count). The third-order valence-corrected chi connectivity index (χ3v) is 6.53. The average molecular weight is 434 g/mol. The molecule has 158 valence electrons. The van der Waals surface area contributed by atoms with Crippen LogP contribution >= 0.6 is 11.3 Å². The third kappa shape index (κ3) is 4.32. The molecular weight excluding hydrogens is 409 g/mol. The molecule has 2 aromatic heterocycles. The van der Waals surface area contributed by atoms with E-state index in [1.165, 1.54) is 10.9 Å². The maximum absolute atomic E-state index is 14.2. The van der Waals surface area contributed by atoms with Crippen molar-refractivity contribution in [1.29, 1.82) is 0 Å². The number of fused-ring (bicyclic) bond motifs is 1. The molecule has 3 heterocycles. The van der Waals surface area contributed by atoms with Gasteiger partial charge in [0.05, 0.1) is 11.2 Å². The van der Waals surface area contributed by atoms with E-state index in [0.717, 1.165) is 61.8 Å². The van der Waals surface area contributed by atoms with E-state index in [4.69, 9.17) is 9.97 Å². The summed E-state index contributed by atoms with van der Waals surface area (Å²) in [6.07, 6.45) is 0.965. The van der Waals surface area contributed by atoms with Gasteiger partial charge in [-0.3, -0.25) is 0 Å². The van der Waals surface area contributed by atoms with Crippen molar-refractivity contribution in [2.24, 2.45) is 0 Å². The van der Waals surface area contributed by atoms with Crippen LogP contribution in [0.15, 0.2) is 66.0 Å². The Morgan fingerprint density at radius 3 is 2.45 bits per heavy atom. The summed E-state index contributed by atoms with van der Waals surface area (Å²) < 4.78 is 14.2. The van der Waals surface area contributed by atoms with Crippen LogP contribution in [0, 0.1) is 5.82 Å². The van der Waals surface area contributed by atoms with Gasteiger partial charge in [-0.15, -0.1) is 11.3 Å². The molecule has 1 saturated heterocycles. The Kier molecular flexibility index (Phi) is 5.67. The van der Waals surface area contributed by atoms with Crippen LogP contribution in [0.25, 0.3) is 10.9 Å². The SMILES string of the molecule is Fc1ccccc1N1CCN(c2nc(NCCc3cccs3)c3ccccc3n2)CC1. The van der Waals surface area contributed by atoms with E-state index in [1.807, 2.05) is 30.3 Å². The molecule has 0 spiro atoms. The summed E-state index contributed by atoms with van der Waals surface area (Å²) in [6.45, 7) is 3.79. The number of benzene rings is 2. The molecule has 0 radical (unpaired) electrons. The van der Waals surface area contributed by atoms with Crippen LogP contribution in [0.3, 0.4) is 0 Å². The Balaban J connectivity index is 1.33. The van der Waals surface area contributed by atoms with Crippen LogP contribution in [0.1, 0.15) is 4.88 Å². The summed E-state index contributed by atoms with van der Waals surface area (Å²) >= 11 is 1.77. The second-order valence-corrected chi connectivity index (χ2v) is 8.60. The van der Waals surface area contributed by atoms with E-state index >= 15 is 0 Å². The van der Waals surface area contributed by atoms with Gasteiger partial charge in [0, 0.05) is 43.0 Å². The van der Waals surface area contributed by atoms with Crippen molar-refractivity contribution in [3.63, 3.8) is 0 Å². The number of halogens is 1. The van der Waals surface area contributed by atoms with E-state index < -0.39 is 0 Å². The Labute approximate surface area is 185 Å². The maximum Gasteiger partial charge on any atom is 0.228 e. The number of hydrogen-bond acceptors (Lipinski definition) is 6. The first-order valence-electron chi connectivity index (χ1n) is 10.6. The Hall–Kier alpha value is -3.19. The summed E-state index contributed by atoms with van der Waals surface area (Å²) in [5.41, 5.74) is 1.60. The van der Waals surface area contributed by atoms with Gasteiger partial charge >= 0.3 is 0 Å². The zero-order valence-corrected chi connectivity index (χ0v) is 18.0. The number of nitrogens with zero attached hydrogens (tertiary/aromatic N) is 4. The van der Waals surface area contributed by atoms with Crippen LogP contribution in [0.5, 0.6) is 0 Å². The number of aromatic nitrogens is 2. The Morgan fingerprint density at radius 2 is 1.65 bits per heavy atom. The van der Waals surface area contributed by atoms with E-state index in [-0.39, 0.29) is 5.82 Å². The van der Waals surface area contributed by atoms with Gasteiger partial charge in [-0.05, 0) is 42.1 Å². The summed E-state index contributed by atoms with van der Waals surface area (Å²) in [5.74, 6) is 1.43. The topological polar surface area (TPSA) is 44.3 Å². The summed E-state index contributed by atoms with van der Waals surface area (Å²) in [5, 5.41) is 6.65. The molecule has 1 fully saturated rings. The van der Waals surface area contributed by atoms with Gasteiger partial charge in [0.15, 0.2) is 0 Å². The normalized spacial score (nSPS) is 14.2. The minimum atomic E-state index is -0.171. The van der Waals surface area contributed by atoms with Gasteiger partial charge in [0.25, 0.3) is 0 Å². The fourth-order valence-corrected chi connectivity index (χ4v) is 4.66. The number of nitrogens with one attached hydrogen (secondary N) is 1. The van der Waals surface area contributed by atoms with Crippen molar-refractivity contribution in [3.8, 4) is 0 Å². The number of rotatable bonds is 6. The third-order valence-electron chi connectivity index (χ3n) is 5.59. The molecule has 0 bridgehead atoms. The van der Waals surface area contributed by atoms with E-state index in [1.54, 1.807) is 17.4 Å². The molecule has 4 aromatic rings. The largest absolute Gasteiger partial charge is 0.369 e. The molecule has 7 heteroatoms. The average Bonchev–Trinajstić information content (AvgIpc) is 3.33. The highest BCUT2D eigenvalue weighted by Crippen LogP contribution is 2.26. The number of thiophene rings is 1. The highest BCUT2D eigenvalue weighted by molar-refractivity contribution is 7.09. The molecule has 31 heavy (non-hydrogen) atoms. The van der Waals surface area contributed by atoms with Crippen molar-refractivity contribution in [3.05, 3.63) is 76.7 Å². The van der Waals surface area contributed by atoms with Gasteiger partial charge in [0.1, 0.15) is 11.6 Å². The van der Waals surface area contributed by atoms with Crippen molar-refractivity contribution >= 4 is 39.7 Å². The molecule has 5 nitrogen and oxygen atoms in total. The van der Waals surface area contributed by atoms with Gasteiger partial charge in [-0.2, -0.15) is 4.98 Å². The van der Waals surface area contributed by atoms with Gasteiger partial charge < -0.3 is 15.1 Å². The Bertz CT molecular complexity index is 1160. The monoisotopic (exact) mass is 433 g/mol. The summed E-state index contributed by atoms with van der Waals surface area (Å²) in [6, 6.07) is 19.3. The van der Waals surface area contributed by atoms with Crippen molar-refractivity contribution in [2.45, 2.75) is 6.42 Å². The molecular formula is C24H24FN5S. The lowest BCUT2D eigenvalue weighted by atomic mass is 10.2. The number of anilines is 3. The minimum Gasteiger partial charge on any atom is -0.369 e. The fraction of sp³-hybridized carbons (Fsp3) is 0.250. The highest BCUT2D eigenvalue weighted by Gasteiger charge is 2.22. The molecule has 1 N–H and O–H groups in total. The minimum absolute atomic E-state index is 0.171. The number of hydrogen-bond donors (Lipinski definition) is 1. The van der Waals surface area contributed by atoms with Gasteiger partial charge in [-0.25, -0.2) is 9.37 Å². The first-order valence-corrected chi connectivity index (χ1v) is 11.4. The van der Waals surface area contributed by atoms with Crippen LogP contribution in [0.4, 0.5) is 21.8 Å². The van der Waals surface area contributed by atoms with Crippen molar-refractivity contribution in [2.75, 3.05) is 47.8 Å². The van der Waals surface area contributed by atoms with Crippen molar-refractivity contribution < 1.29 is 4.39 Å². The molecule has 0 saturated carbocycles. The zero-order valence-electron chi connectivity index (χ0n) is 17.2. The Morgan fingerprint density at radius 1 is 0.871 bits per heavy atom. The molecule has 0 aliphatic carbocycles. The molecule has 1 aliphatic rings. The fourth-order valence-electron chi connectivity index (χ4n) is 3.95. The number of para-hydroxylation sites is 2. The lowest BCUT2D eigenvalue weighted by Gasteiger charge is -2.36. The molecule has 1 aliphatic heterocycles. The predicted octanol–water partition coefficient (Wildman–Crippen LogP) is 4.81. The van der Waals surface area contributed by atoms with E-state index in [0.29, 0.717) is 5.69 Å². The molecule has 0 atom stereocenters. The second-order valence-electron chi connectivity index (χ2n) is 7.57. The quantitative estimate of drug-likeness (QED) is 0.473. The van der Waals surface area contributed by atoms with Crippen LogP contribution in [-0.4, -0.2) is 42.7 Å². The first kappa shape index (κ1) is 19.8. The highest BCUT2D eigenvalue weighted by atomic mass is 32.1. The lowest BCUT2D eigenvalue weighted by Crippen LogP contribution is -2.47. The maximum atomic E-state index is 14.2. The van der Waals surface area contributed by atoms with E-state index in [2.05, 4.69) is 38.7 Å². The van der Waals surface area contributed by atoms with Gasteiger partial charge in [-0.1, -0.05) is 30.3 Å². The van der Waals surface area contributed by atoms with Crippen molar-refractivity contribution in [1.82, 2.24) is 9.97 Å². The number of piperazine rings is 1. The summed E-state index contributed by atoms with van der Waals surface area (Å²) in [4.78, 5) is 15.3. The summed E-state index contributed by atoms with van der Waals surface area (Å²) in [7, 11) is 0. The molecule has 2 aromatic carbocycles. The first-order chi connectivity index (χ1) is 15.3. The van der Waals surface area contributed by atoms with E-state index in [9.17, 15) is 4.39 Å². The predicted molar refractivity (Wildman–Crippen MR) is 127 cm³/mol. The zero-order chi connectivity index (χ0) is 21.0.